The van der Waals surface area contributed by atoms with E-state index in [0.29, 0.717) is 0 Å². The highest BCUT2D eigenvalue weighted by Gasteiger charge is 2.35. The van der Waals surface area contributed by atoms with E-state index in [0.717, 1.165) is 21.0 Å². The molecule has 2 rings (SSSR count). The van der Waals surface area contributed by atoms with Crippen LogP contribution in [0.25, 0.3) is 0 Å². The summed E-state index contributed by atoms with van der Waals surface area (Å²) in [5.74, 6) is -0.446. The molecule has 0 saturated heterocycles. The van der Waals surface area contributed by atoms with Crippen molar-refractivity contribution in [1.29, 1.82) is 0 Å². The smallest absolute Gasteiger partial charge is 0.270 e. The largest absolute Gasteiger partial charge is 0.435 e. The standard InChI is InChI=1S/C12H13F3N4O/c1-7-5-16-18(6-7)11(20)9(3)19-8(2)4-10(17-19)12(13,14)15/h4-6,9H,1-3H3. The molecule has 20 heavy (non-hydrogen) atoms. The molecule has 1 atom stereocenters. The van der Waals surface area contributed by atoms with Gasteiger partial charge in [-0.15, -0.1) is 0 Å². The van der Waals surface area contributed by atoms with Crippen LogP contribution in [0.3, 0.4) is 0 Å². The Morgan fingerprint density at radius 3 is 2.45 bits per heavy atom. The van der Waals surface area contributed by atoms with E-state index < -0.39 is 23.8 Å². The van der Waals surface area contributed by atoms with Gasteiger partial charge in [-0.3, -0.25) is 9.48 Å². The molecule has 0 bridgehead atoms. The molecular weight excluding hydrogens is 273 g/mol. The van der Waals surface area contributed by atoms with E-state index >= 15 is 0 Å². The summed E-state index contributed by atoms with van der Waals surface area (Å²) in [7, 11) is 0. The van der Waals surface area contributed by atoms with E-state index in [1.54, 1.807) is 6.92 Å². The number of carbonyl (C=O) groups excluding carboxylic acids is 1. The normalized spacial score (nSPS) is 13.5. The van der Waals surface area contributed by atoms with Gasteiger partial charge in [-0.05, 0) is 32.4 Å². The van der Waals surface area contributed by atoms with Gasteiger partial charge in [0.1, 0.15) is 6.04 Å². The zero-order valence-electron chi connectivity index (χ0n) is 11.1. The van der Waals surface area contributed by atoms with E-state index in [9.17, 15) is 18.0 Å². The van der Waals surface area contributed by atoms with Crippen LogP contribution < -0.4 is 0 Å². The number of rotatable bonds is 2. The summed E-state index contributed by atoms with van der Waals surface area (Å²) in [6.07, 6.45) is -1.51. The fourth-order valence-electron chi connectivity index (χ4n) is 1.85. The van der Waals surface area contributed by atoms with Gasteiger partial charge in [-0.1, -0.05) is 0 Å². The van der Waals surface area contributed by atoms with Gasteiger partial charge in [-0.2, -0.15) is 23.4 Å². The van der Waals surface area contributed by atoms with E-state index in [1.165, 1.54) is 26.2 Å². The van der Waals surface area contributed by atoms with Crippen LogP contribution >= 0.6 is 0 Å². The first-order valence-corrected chi connectivity index (χ1v) is 5.89. The van der Waals surface area contributed by atoms with Crippen molar-refractivity contribution in [2.45, 2.75) is 33.0 Å². The third kappa shape index (κ3) is 2.59. The molecule has 0 aromatic carbocycles. The van der Waals surface area contributed by atoms with Crippen LogP contribution in [-0.4, -0.2) is 25.5 Å². The van der Waals surface area contributed by atoms with Crippen LogP contribution in [0.5, 0.6) is 0 Å². The Morgan fingerprint density at radius 2 is 2.00 bits per heavy atom. The monoisotopic (exact) mass is 286 g/mol. The first-order chi connectivity index (χ1) is 9.20. The number of halogens is 3. The highest BCUT2D eigenvalue weighted by atomic mass is 19.4. The van der Waals surface area contributed by atoms with E-state index in [4.69, 9.17) is 0 Å². The molecular formula is C12H13F3N4O. The third-order valence-corrected chi connectivity index (χ3v) is 2.87. The minimum absolute atomic E-state index is 0.266. The van der Waals surface area contributed by atoms with Gasteiger partial charge >= 0.3 is 6.18 Å². The van der Waals surface area contributed by atoms with Crippen LogP contribution in [0.4, 0.5) is 13.2 Å². The Balaban J connectivity index is 2.32. The van der Waals surface area contributed by atoms with E-state index in [2.05, 4.69) is 10.2 Å². The molecule has 1 unspecified atom stereocenters. The summed E-state index contributed by atoms with van der Waals surface area (Å²) in [6, 6.07) is 0.0448. The predicted octanol–water partition coefficient (Wildman–Crippen LogP) is 2.62. The second-order valence-electron chi connectivity index (χ2n) is 4.59. The maximum Gasteiger partial charge on any atom is 0.435 e. The van der Waals surface area contributed by atoms with Crippen molar-refractivity contribution < 1.29 is 18.0 Å². The Kier molecular flexibility index (Phi) is 3.41. The molecule has 5 nitrogen and oxygen atoms in total. The molecule has 0 aliphatic rings. The Hall–Kier alpha value is -2.12. The molecule has 108 valence electrons. The second kappa shape index (κ2) is 4.77. The summed E-state index contributed by atoms with van der Waals surface area (Å²) < 4.78 is 39.9. The van der Waals surface area contributed by atoms with Gasteiger partial charge in [0.2, 0.25) is 0 Å². The number of hydrogen-bond donors (Lipinski definition) is 0. The first-order valence-electron chi connectivity index (χ1n) is 5.89. The van der Waals surface area contributed by atoms with Crippen molar-refractivity contribution in [3.8, 4) is 0 Å². The van der Waals surface area contributed by atoms with Gasteiger partial charge in [0.25, 0.3) is 5.91 Å². The van der Waals surface area contributed by atoms with Crippen LogP contribution in [0, 0.1) is 13.8 Å². The average molecular weight is 286 g/mol. The Bertz CT molecular complexity index is 641. The molecule has 0 spiro atoms. The molecule has 2 aromatic rings. The molecule has 2 heterocycles. The van der Waals surface area contributed by atoms with Gasteiger partial charge < -0.3 is 0 Å². The summed E-state index contributed by atoms with van der Waals surface area (Å²) in [4.78, 5) is 12.1. The molecule has 0 aliphatic heterocycles. The van der Waals surface area contributed by atoms with Crippen LogP contribution in [0.15, 0.2) is 18.5 Å². The number of alkyl halides is 3. The molecule has 2 aromatic heterocycles. The SMILES string of the molecule is Cc1cnn(C(=O)C(C)n2nc(C(F)(F)F)cc2C)c1. The molecule has 0 fully saturated rings. The lowest BCUT2D eigenvalue weighted by molar-refractivity contribution is -0.141. The molecule has 0 saturated carbocycles. The number of carbonyl (C=O) groups is 1. The lowest BCUT2D eigenvalue weighted by Crippen LogP contribution is -2.25. The highest BCUT2D eigenvalue weighted by molar-refractivity contribution is 5.81. The van der Waals surface area contributed by atoms with Gasteiger partial charge in [0.05, 0.1) is 6.20 Å². The summed E-state index contributed by atoms with van der Waals surface area (Å²) in [6.45, 7) is 4.72. The number of hydrogen-bond acceptors (Lipinski definition) is 3. The Morgan fingerprint density at radius 1 is 1.35 bits per heavy atom. The maximum atomic E-state index is 12.6. The average Bonchev–Trinajstić information content (AvgIpc) is 2.93. The summed E-state index contributed by atoms with van der Waals surface area (Å²) >= 11 is 0. The Labute approximate surface area is 113 Å². The van der Waals surface area contributed by atoms with Crippen LogP contribution in [0.2, 0.25) is 0 Å². The van der Waals surface area contributed by atoms with Crippen molar-refractivity contribution >= 4 is 5.91 Å². The van der Waals surface area contributed by atoms with E-state index in [1.807, 2.05) is 0 Å². The minimum Gasteiger partial charge on any atom is -0.270 e. The molecule has 0 N–H and O–H groups in total. The molecule has 0 amide bonds. The first kappa shape index (κ1) is 14.3. The highest BCUT2D eigenvalue weighted by Crippen LogP contribution is 2.29. The topological polar surface area (TPSA) is 52.7 Å². The zero-order chi connectivity index (χ0) is 15.1. The molecule has 8 heteroatoms. The minimum atomic E-state index is -4.53. The van der Waals surface area contributed by atoms with Gasteiger partial charge in [0, 0.05) is 11.9 Å². The molecule has 0 aliphatic carbocycles. The quantitative estimate of drug-likeness (QED) is 0.852. The van der Waals surface area contributed by atoms with Crippen molar-refractivity contribution in [2.75, 3.05) is 0 Å². The third-order valence-electron chi connectivity index (χ3n) is 2.87. The number of nitrogens with zero attached hydrogens (tertiary/aromatic N) is 4. The lowest BCUT2D eigenvalue weighted by atomic mass is 10.3. The van der Waals surface area contributed by atoms with Gasteiger partial charge in [-0.25, -0.2) is 4.68 Å². The van der Waals surface area contributed by atoms with Crippen molar-refractivity contribution in [1.82, 2.24) is 19.6 Å². The van der Waals surface area contributed by atoms with Crippen LogP contribution in [0.1, 0.15) is 34.7 Å². The zero-order valence-corrected chi connectivity index (χ0v) is 11.1. The summed E-state index contributed by atoms with van der Waals surface area (Å²) in [5, 5.41) is 7.32. The second-order valence-corrected chi connectivity index (χ2v) is 4.59. The van der Waals surface area contributed by atoms with Gasteiger partial charge in [0.15, 0.2) is 5.69 Å². The lowest BCUT2D eigenvalue weighted by Gasteiger charge is -2.12. The van der Waals surface area contributed by atoms with Crippen molar-refractivity contribution in [2.24, 2.45) is 0 Å². The van der Waals surface area contributed by atoms with Crippen molar-refractivity contribution in [3.05, 3.63) is 35.4 Å². The molecule has 0 radical (unpaired) electrons. The van der Waals surface area contributed by atoms with Crippen LogP contribution in [-0.2, 0) is 6.18 Å². The fraction of sp³-hybridized carbons (Fsp3) is 0.417. The fourth-order valence-corrected chi connectivity index (χ4v) is 1.85. The predicted molar refractivity (Wildman–Crippen MR) is 64.3 cm³/mol. The number of aromatic nitrogens is 4. The summed E-state index contributed by atoms with van der Waals surface area (Å²) in [5.41, 5.74) is 0.0482. The maximum absolute atomic E-state index is 12.6. The number of aryl methyl sites for hydroxylation is 2. The van der Waals surface area contributed by atoms with E-state index in [-0.39, 0.29) is 5.69 Å². The van der Waals surface area contributed by atoms with Crippen molar-refractivity contribution in [3.63, 3.8) is 0 Å².